The van der Waals surface area contributed by atoms with Gasteiger partial charge in [-0.25, -0.2) is 4.98 Å². The van der Waals surface area contributed by atoms with E-state index >= 15 is 0 Å². The standard InChI is InChI=1S/C12H17N3O2/c1-16-12-9-2-4-13-6-10(9)14-11(15-12)8-3-5-17-7-8/h8,13H,2-7H2,1H3. The summed E-state index contributed by atoms with van der Waals surface area (Å²) in [5.74, 6) is 1.95. The highest BCUT2D eigenvalue weighted by Crippen LogP contribution is 2.28. The normalized spacial score (nSPS) is 23.5. The van der Waals surface area contributed by atoms with E-state index in [4.69, 9.17) is 9.47 Å². The van der Waals surface area contributed by atoms with Gasteiger partial charge in [-0.15, -0.1) is 0 Å². The molecule has 3 rings (SSSR count). The molecule has 5 heteroatoms. The second-order valence-corrected chi connectivity index (χ2v) is 4.50. The van der Waals surface area contributed by atoms with Crippen molar-refractivity contribution >= 4 is 0 Å². The van der Waals surface area contributed by atoms with Crippen molar-refractivity contribution in [2.75, 3.05) is 26.9 Å². The lowest BCUT2D eigenvalue weighted by molar-refractivity contribution is 0.193. The Labute approximate surface area is 101 Å². The summed E-state index contributed by atoms with van der Waals surface area (Å²) in [4.78, 5) is 9.22. The second kappa shape index (κ2) is 4.58. The Hall–Kier alpha value is -1.20. The molecule has 0 bridgehead atoms. The van der Waals surface area contributed by atoms with Gasteiger partial charge in [-0.1, -0.05) is 0 Å². The molecule has 2 aliphatic heterocycles. The lowest BCUT2D eigenvalue weighted by Gasteiger charge is -2.20. The van der Waals surface area contributed by atoms with Gasteiger partial charge in [0.25, 0.3) is 0 Å². The van der Waals surface area contributed by atoms with Crippen LogP contribution in [-0.4, -0.2) is 36.8 Å². The van der Waals surface area contributed by atoms with E-state index in [0.29, 0.717) is 5.92 Å². The van der Waals surface area contributed by atoms with Crippen LogP contribution in [0.1, 0.15) is 29.4 Å². The van der Waals surface area contributed by atoms with Crippen LogP contribution in [0.3, 0.4) is 0 Å². The second-order valence-electron chi connectivity index (χ2n) is 4.50. The summed E-state index contributed by atoms with van der Waals surface area (Å²) < 4.78 is 10.8. The molecule has 0 spiro atoms. The van der Waals surface area contributed by atoms with Crippen molar-refractivity contribution in [1.29, 1.82) is 0 Å². The van der Waals surface area contributed by atoms with Crippen molar-refractivity contribution in [3.8, 4) is 5.88 Å². The van der Waals surface area contributed by atoms with Crippen LogP contribution in [0.4, 0.5) is 0 Å². The van der Waals surface area contributed by atoms with Crippen LogP contribution in [-0.2, 0) is 17.7 Å². The van der Waals surface area contributed by atoms with Crippen molar-refractivity contribution in [1.82, 2.24) is 15.3 Å². The first-order valence-corrected chi connectivity index (χ1v) is 6.10. The summed E-state index contributed by atoms with van der Waals surface area (Å²) in [6.45, 7) is 3.33. The number of rotatable bonds is 2. The van der Waals surface area contributed by atoms with E-state index < -0.39 is 0 Å². The maximum Gasteiger partial charge on any atom is 0.219 e. The first-order chi connectivity index (χ1) is 8.38. The number of fused-ring (bicyclic) bond motifs is 1. The van der Waals surface area contributed by atoms with Crippen molar-refractivity contribution in [3.05, 3.63) is 17.1 Å². The van der Waals surface area contributed by atoms with Gasteiger partial charge in [0.05, 0.1) is 19.4 Å². The number of hydrogen-bond donors (Lipinski definition) is 1. The molecule has 5 nitrogen and oxygen atoms in total. The van der Waals surface area contributed by atoms with Crippen LogP contribution >= 0.6 is 0 Å². The van der Waals surface area contributed by atoms with Crippen molar-refractivity contribution in [2.24, 2.45) is 0 Å². The first kappa shape index (κ1) is 10.9. The number of ether oxygens (including phenoxy) is 2. The smallest absolute Gasteiger partial charge is 0.219 e. The Bertz CT molecular complexity index is 399. The largest absolute Gasteiger partial charge is 0.481 e. The van der Waals surface area contributed by atoms with Crippen LogP contribution < -0.4 is 10.1 Å². The Balaban J connectivity index is 1.99. The Morgan fingerprint density at radius 2 is 2.35 bits per heavy atom. The van der Waals surface area contributed by atoms with Gasteiger partial charge >= 0.3 is 0 Å². The number of hydrogen-bond acceptors (Lipinski definition) is 5. The topological polar surface area (TPSA) is 56.3 Å². The minimum absolute atomic E-state index is 0.330. The van der Waals surface area contributed by atoms with Crippen LogP contribution in [0.15, 0.2) is 0 Å². The summed E-state index contributed by atoms with van der Waals surface area (Å²) in [5, 5.41) is 3.33. The predicted octanol–water partition coefficient (Wildman–Crippen LogP) is 0.635. The van der Waals surface area contributed by atoms with Crippen molar-refractivity contribution in [2.45, 2.75) is 25.3 Å². The lowest BCUT2D eigenvalue weighted by atomic mass is 10.0. The van der Waals surface area contributed by atoms with E-state index in [1.807, 2.05) is 0 Å². The summed E-state index contributed by atoms with van der Waals surface area (Å²) in [5.41, 5.74) is 2.25. The molecule has 92 valence electrons. The Morgan fingerprint density at radius 3 is 3.12 bits per heavy atom. The average Bonchev–Trinajstić information content (AvgIpc) is 2.91. The van der Waals surface area contributed by atoms with E-state index in [2.05, 4.69) is 15.3 Å². The van der Waals surface area contributed by atoms with Gasteiger partial charge in [0.1, 0.15) is 5.82 Å². The van der Waals surface area contributed by atoms with Crippen molar-refractivity contribution in [3.63, 3.8) is 0 Å². The molecule has 1 aromatic heterocycles. The lowest BCUT2D eigenvalue weighted by Crippen LogP contribution is -2.26. The first-order valence-electron chi connectivity index (χ1n) is 6.10. The van der Waals surface area contributed by atoms with Gasteiger partial charge in [0.15, 0.2) is 0 Å². The minimum Gasteiger partial charge on any atom is -0.481 e. The third kappa shape index (κ3) is 2.00. The third-order valence-corrected chi connectivity index (χ3v) is 3.40. The summed E-state index contributed by atoms with van der Waals surface area (Å²) in [6.07, 6.45) is 1.95. The summed E-state index contributed by atoms with van der Waals surface area (Å²) >= 11 is 0. The fourth-order valence-electron chi connectivity index (χ4n) is 2.43. The zero-order chi connectivity index (χ0) is 11.7. The minimum atomic E-state index is 0.330. The average molecular weight is 235 g/mol. The molecule has 0 saturated carbocycles. The number of nitrogens with one attached hydrogen (secondary N) is 1. The Morgan fingerprint density at radius 1 is 1.41 bits per heavy atom. The van der Waals surface area contributed by atoms with Crippen LogP contribution in [0.2, 0.25) is 0 Å². The molecule has 3 heterocycles. The molecular formula is C12H17N3O2. The van der Waals surface area contributed by atoms with Gasteiger partial charge in [-0.3, -0.25) is 0 Å². The quantitative estimate of drug-likeness (QED) is 0.815. The highest BCUT2D eigenvalue weighted by atomic mass is 16.5. The molecule has 1 N–H and O–H groups in total. The zero-order valence-corrected chi connectivity index (χ0v) is 10.0. The molecular weight excluding hydrogens is 218 g/mol. The fraction of sp³-hybridized carbons (Fsp3) is 0.667. The fourth-order valence-corrected chi connectivity index (χ4v) is 2.43. The molecule has 0 radical (unpaired) electrons. The van der Waals surface area contributed by atoms with Crippen LogP contribution in [0.25, 0.3) is 0 Å². The summed E-state index contributed by atoms with van der Waals surface area (Å²) in [6, 6.07) is 0. The van der Waals surface area contributed by atoms with E-state index in [9.17, 15) is 0 Å². The molecule has 1 aromatic rings. The molecule has 1 saturated heterocycles. The monoisotopic (exact) mass is 235 g/mol. The Kier molecular flexibility index (Phi) is 2.94. The van der Waals surface area contributed by atoms with E-state index in [1.165, 1.54) is 0 Å². The van der Waals surface area contributed by atoms with E-state index in [0.717, 1.165) is 62.1 Å². The molecule has 1 atom stereocenters. The van der Waals surface area contributed by atoms with Gasteiger partial charge in [-0.05, 0) is 19.4 Å². The molecule has 0 amide bonds. The highest BCUT2D eigenvalue weighted by Gasteiger charge is 2.25. The molecule has 2 aliphatic rings. The third-order valence-electron chi connectivity index (χ3n) is 3.40. The van der Waals surface area contributed by atoms with Crippen LogP contribution in [0, 0.1) is 0 Å². The van der Waals surface area contributed by atoms with Gasteiger partial charge in [0, 0.05) is 24.6 Å². The number of methoxy groups -OCH3 is 1. The number of nitrogens with zero attached hydrogens (tertiary/aromatic N) is 2. The molecule has 1 unspecified atom stereocenters. The van der Waals surface area contributed by atoms with Gasteiger partial charge in [0.2, 0.25) is 5.88 Å². The van der Waals surface area contributed by atoms with E-state index in [1.54, 1.807) is 7.11 Å². The zero-order valence-electron chi connectivity index (χ0n) is 10.0. The number of aromatic nitrogens is 2. The maximum absolute atomic E-state index is 5.39. The summed E-state index contributed by atoms with van der Waals surface area (Å²) in [7, 11) is 1.68. The molecule has 0 aliphatic carbocycles. The molecule has 0 aromatic carbocycles. The predicted molar refractivity (Wildman–Crippen MR) is 62.2 cm³/mol. The SMILES string of the molecule is COc1nc(C2CCOC2)nc2c1CCNC2. The van der Waals surface area contributed by atoms with Crippen molar-refractivity contribution < 1.29 is 9.47 Å². The molecule has 1 fully saturated rings. The molecule has 17 heavy (non-hydrogen) atoms. The van der Waals surface area contributed by atoms with Crippen LogP contribution in [0.5, 0.6) is 5.88 Å². The van der Waals surface area contributed by atoms with Gasteiger partial charge < -0.3 is 14.8 Å². The van der Waals surface area contributed by atoms with Gasteiger partial charge in [-0.2, -0.15) is 4.98 Å². The van der Waals surface area contributed by atoms with E-state index in [-0.39, 0.29) is 0 Å². The maximum atomic E-state index is 5.39. The highest BCUT2D eigenvalue weighted by molar-refractivity contribution is 5.33.